The van der Waals surface area contributed by atoms with Crippen LogP contribution in [0, 0.1) is 0 Å². The van der Waals surface area contributed by atoms with E-state index in [9.17, 15) is 26.4 Å². The molecule has 0 unspecified atom stereocenters. The van der Waals surface area contributed by atoms with Crippen molar-refractivity contribution in [2.75, 3.05) is 24.9 Å². The predicted octanol–water partition coefficient (Wildman–Crippen LogP) is 6.32. The summed E-state index contributed by atoms with van der Waals surface area (Å²) in [7, 11) is -2.34. The van der Waals surface area contributed by atoms with Crippen molar-refractivity contribution in [1.82, 2.24) is 15.1 Å². The second kappa shape index (κ2) is 12.6. The Labute approximate surface area is 250 Å². The van der Waals surface area contributed by atoms with Crippen LogP contribution in [-0.2, 0) is 22.0 Å². The largest absolute Gasteiger partial charge is 0.495 e. The van der Waals surface area contributed by atoms with Crippen LogP contribution in [0.4, 0.5) is 18.9 Å². The Morgan fingerprint density at radius 2 is 1.72 bits per heavy atom. The summed E-state index contributed by atoms with van der Waals surface area (Å²) in [5.41, 5.74) is 2.17. The number of carbonyl (C=O) groups excluding carboxylic acids is 1. The number of ether oxygens (including phenoxy) is 2. The van der Waals surface area contributed by atoms with Crippen LogP contribution in [0.5, 0.6) is 16.7 Å². The third-order valence-electron chi connectivity index (χ3n) is 6.90. The summed E-state index contributed by atoms with van der Waals surface area (Å²) in [6, 6.07) is 20.5. The molecule has 0 aliphatic carbocycles. The van der Waals surface area contributed by atoms with Crippen molar-refractivity contribution in [3.8, 4) is 16.7 Å². The molecule has 3 aromatic carbocycles. The third-order valence-corrected chi connectivity index (χ3v) is 8.99. The zero-order valence-corrected chi connectivity index (χ0v) is 24.5. The molecule has 0 atom stereocenters. The molecule has 1 aromatic heterocycles. The van der Waals surface area contributed by atoms with Crippen LogP contribution in [-0.4, -0.2) is 49.6 Å². The number of benzene rings is 3. The molecule has 5 rings (SSSR count). The van der Waals surface area contributed by atoms with Gasteiger partial charge in [-0.05, 0) is 60.2 Å². The number of nitrogens with zero attached hydrogens (tertiary/aromatic N) is 3. The van der Waals surface area contributed by atoms with Crippen LogP contribution in [0.15, 0.2) is 72.8 Å². The van der Waals surface area contributed by atoms with Crippen molar-refractivity contribution in [3.05, 3.63) is 94.5 Å². The van der Waals surface area contributed by atoms with Crippen LogP contribution in [0.3, 0.4) is 0 Å². The van der Waals surface area contributed by atoms with Gasteiger partial charge in [-0.2, -0.15) is 13.2 Å². The maximum absolute atomic E-state index is 13.3. The van der Waals surface area contributed by atoms with E-state index in [1.54, 1.807) is 59.5 Å². The monoisotopic (exact) mass is 632 g/mol. The number of methoxy groups -OCH3 is 1. The Kier molecular flexibility index (Phi) is 8.87. The molecule has 1 N–H and O–H groups in total. The highest BCUT2D eigenvalue weighted by molar-refractivity contribution is 7.91. The second-order valence-corrected chi connectivity index (χ2v) is 12.5. The van der Waals surface area contributed by atoms with Gasteiger partial charge < -0.3 is 14.4 Å². The molecule has 1 amide bonds. The van der Waals surface area contributed by atoms with Crippen LogP contribution in [0.1, 0.15) is 45.3 Å². The van der Waals surface area contributed by atoms with Gasteiger partial charge in [-0.3, -0.25) is 9.52 Å². The summed E-state index contributed by atoms with van der Waals surface area (Å²) in [5, 5.41) is 5.28. The van der Waals surface area contributed by atoms with Crippen LogP contribution < -0.4 is 14.2 Å². The number of nitrogens with one attached hydrogen (secondary N) is 1. The molecular formula is C29H27F3N4O5S2. The average Bonchev–Trinajstić information content (AvgIpc) is 3.47. The van der Waals surface area contributed by atoms with Gasteiger partial charge in [0.05, 0.1) is 18.6 Å². The summed E-state index contributed by atoms with van der Waals surface area (Å²) >= 11 is 0.326. The van der Waals surface area contributed by atoms with E-state index in [4.69, 9.17) is 9.47 Å². The summed E-state index contributed by atoms with van der Waals surface area (Å²) in [5.74, 6) is 0.371. The molecule has 2 heterocycles. The first-order valence-corrected chi connectivity index (χ1v) is 15.7. The molecule has 0 spiro atoms. The Balaban J connectivity index is 1.19. The molecule has 43 heavy (non-hydrogen) atoms. The Morgan fingerprint density at radius 3 is 2.35 bits per heavy atom. The number of piperidine rings is 1. The normalized spacial score (nSPS) is 14.4. The van der Waals surface area contributed by atoms with E-state index in [1.807, 2.05) is 12.1 Å². The highest BCUT2D eigenvalue weighted by atomic mass is 32.2. The SMILES string of the molecule is COc1ccc(C(=O)N2CCC(c3ccc(Oc4nnc(C(F)(F)F)s4)cc3)CC2)cc1NS(=O)(=O)Cc1ccccc1. The van der Waals surface area contributed by atoms with Gasteiger partial charge in [0.15, 0.2) is 0 Å². The predicted molar refractivity (Wildman–Crippen MR) is 155 cm³/mol. The topological polar surface area (TPSA) is 111 Å². The fraction of sp³-hybridized carbons (Fsp3) is 0.276. The molecule has 1 aliphatic rings. The van der Waals surface area contributed by atoms with Gasteiger partial charge in [0.25, 0.3) is 11.1 Å². The smallest absolute Gasteiger partial charge is 0.445 e. The molecule has 14 heteroatoms. The molecule has 4 aromatic rings. The van der Waals surface area contributed by atoms with Crippen LogP contribution >= 0.6 is 11.3 Å². The Morgan fingerprint density at radius 1 is 1.02 bits per heavy atom. The number of likely N-dealkylation sites (tertiary alicyclic amines) is 1. The number of alkyl halides is 3. The van der Waals surface area contributed by atoms with Gasteiger partial charge in [-0.1, -0.05) is 58.9 Å². The molecule has 0 radical (unpaired) electrons. The van der Waals surface area contributed by atoms with Crippen LogP contribution in [0.25, 0.3) is 0 Å². The molecule has 1 aliphatic heterocycles. The molecule has 0 bridgehead atoms. The van der Waals surface area contributed by atoms with Gasteiger partial charge in [-0.25, -0.2) is 8.42 Å². The summed E-state index contributed by atoms with van der Waals surface area (Å²) < 4.78 is 77.2. The lowest BCUT2D eigenvalue weighted by molar-refractivity contribution is -0.138. The summed E-state index contributed by atoms with van der Waals surface area (Å²) in [6.45, 7) is 0.988. The molecular weight excluding hydrogens is 605 g/mol. The van der Waals surface area contributed by atoms with Crippen molar-refractivity contribution < 1.29 is 35.9 Å². The number of hydrogen-bond donors (Lipinski definition) is 1. The number of amides is 1. The maximum atomic E-state index is 13.3. The zero-order valence-electron chi connectivity index (χ0n) is 22.9. The molecule has 9 nitrogen and oxygen atoms in total. The first kappa shape index (κ1) is 30.3. The van der Waals surface area contributed by atoms with E-state index < -0.39 is 21.2 Å². The standard InChI is InChI=1S/C29H27F3N4O5S2/c1-40-25-12-9-22(17-24(25)35-43(38,39)18-19-5-3-2-4-6-19)26(37)36-15-13-21(14-16-36)20-7-10-23(11-8-20)41-28-34-33-27(42-28)29(30,31)32/h2-12,17,21,35H,13-16,18H2,1H3. The van der Waals surface area contributed by atoms with Gasteiger partial charge in [0, 0.05) is 18.7 Å². The molecule has 226 valence electrons. The zero-order chi connectivity index (χ0) is 30.6. The molecule has 1 saturated heterocycles. The van der Waals surface area contributed by atoms with Gasteiger partial charge in [0.2, 0.25) is 15.0 Å². The van der Waals surface area contributed by atoms with E-state index in [1.165, 1.54) is 13.2 Å². The summed E-state index contributed by atoms with van der Waals surface area (Å²) in [6.07, 6.45) is -3.18. The van der Waals surface area contributed by atoms with Crippen LogP contribution in [0.2, 0.25) is 0 Å². The van der Waals surface area contributed by atoms with Gasteiger partial charge in [-0.15, -0.1) is 5.10 Å². The number of anilines is 1. The minimum Gasteiger partial charge on any atom is -0.495 e. The lowest BCUT2D eigenvalue weighted by Gasteiger charge is -2.32. The second-order valence-electron chi connectivity index (χ2n) is 9.87. The average molecular weight is 633 g/mol. The number of aromatic nitrogens is 2. The Hall–Kier alpha value is -4.17. The highest BCUT2D eigenvalue weighted by Gasteiger charge is 2.36. The van der Waals surface area contributed by atoms with Crippen molar-refractivity contribution in [1.29, 1.82) is 0 Å². The lowest BCUT2D eigenvalue weighted by Crippen LogP contribution is -2.38. The number of rotatable bonds is 9. The Bertz CT molecular complexity index is 1670. The molecule has 1 fully saturated rings. The van der Waals surface area contributed by atoms with Crippen molar-refractivity contribution >= 4 is 33.0 Å². The van der Waals surface area contributed by atoms with E-state index in [0.717, 1.165) is 5.56 Å². The van der Waals surface area contributed by atoms with E-state index in [0.29, 0.717) is 59.9 Å². The van der Waals surface area contributed by atoms with Crippen molar-refractivity contribution in [2.45, 2.75) is 30.7 Å². The maximum Gasteiger partial charge on any atom is 0.445 e. The van der Waals surface area contributed by atoms with Gasteiger partial charge >= 0.3 is 6.18 Å². The van der Waals surface area contributed by atoms with Crippen molar-refractivity contribution in [3.63, 3.8) is 0 Å². The first-order chi connectivity index (χ1) is 20.5. The van der Waals surface area contributed by atoms with E-state index >= 15 is 0 Å². The number of carbonyl (C=O) groups is 1. The fourth-order valence-electron chi connectivity index (χ4n) is 4.79. The molecule has 0 saturated carbocycles. The van der Waals surface area contributed by atoms with Crippen molar-refractivity contribution in [2.24, 2.45) is 0 Å². The number of halogens is 3. The van der Waals surface area contributed by atoms with E-state index in [2.05, 4.69) is 14.9 Å². The van der Waals surface area contributed by atoms with E-state index in [-0.39, 0.29) is 28.5 Å². The third kappa shape index (κ3) is 7.62. The lowest BCUT2D eigenvalue weighted by atomic mass is 9.89. The summed E-state index contributed by atoms with van der Waals surface area (Å²) in [4.78, 5) is 15.1. The first-order valence-electron chi connectivity index (χ1n) is 13.2. The quantitative estimate of drug-likeness (QED) is 0.230. The fourth-order valence-corrected chi connectivity index (χ4v) is 6.57. The minimum atomic E-state index is -4.57. The van der Waals surface area contributed by atoms with Gasteiger partial charge in [0.1, 0.15) is 11.5 Å². The number of sulfonamides is 1. The minimum absolute atomic E-state index is 0.174. The highest BCUT2D eigenvalue weighted by Crippen LogP contribution is 2.36. The number of hydrogen-bond acceptors (Lipinski definition) is 8.